The van der Waals surface area contributed by atoms with Crippen molar-refractivity contribution in [1.82, 2.24) is 10.2 Å². The van der Waals surface area contributed by atoms with E-state index >= 15 is 0 Å². The van der Waals surface area contributed by atoms with Gasteiger partial charge in [0.15, 0.2) is 0 Å². The zero-order chi connectivity index (χ0) is 15.5. The number of halogens is 6. The molecule has 1 amide bonds. The van der Waals surface area contributed by atoms with Gasteiger partial charge in [-0.05, 0) is 12.1 Å². The molecule has 0 radical (unpaired) electrons. The fourth-order valence-corrected chi connectivity index (χ4v) is 2.36. The summed E-state index contributed by atoms with van der Waals surface area (Å²) < 4.78 is 38.7. The second-order valence-corrected chi connectivity index (χ2v) is 5.14. The summed E-state index contributed by atoms with van der Waals surface area (Å²) in [5.74, 6) is -0.504. The third-order valence-electron chi connectivity index (χ3n) is 3.16. The van der Waals surface area contributed by atoms with E-state index in [-0.39, 0.29) is 42.1 Å². The van der Waals surface area contributed by atoms with Crippen molar-refractivity contribution >= 4 is 48.0 Å². The fraction of sp³-hybridized carbons (Fsp3) is 0.462. The highest BCUT2D eigenvalue weighted by Gasteiger charge is 2.34. The highest BCUT2D eigenvalue weighted by molar-refractivity contribution is 6.34. The van der Waals surface area contributed by atoms with Crippen LogP contribution in [0.3, 0.4) is 0 Å². The molecule has 1 aliphatic heterocycles. The van der Waals surface area contributed by atoms with Crippen molar-refractivity contribution in [1.29, 1.82) is 0 Å². The van der Waals surface area contributed by atoms with E-state index in [1.165, 1.54) is 12.1 Å². The Morgan fingerprint density at radius 1 is 1.26 bits per heavy atom. The minimum absolute atomic E-state index is 0. The standard InChI is InChI=1S/C13H15ClF3N3O.2ClH/c14-10-3-1-2-9(13(15,16)17)12(10)19-11(21)8-20-6-4-18-5-7-20;;/h1-3,18H,4-8H2,(H,19,21);2*1H. The van der Waals surface area contributed by atoms with E-state index in [1.807, 2.05) is 4.90 Å². The summed E-state index contributed by atoms with van der Waals surface area (Å²) >= 11 is 5.78. The summed E-state index contributed by atoms with van der Waals surface area (Å²) in [6.07, 6.45) is -4.57. The first-order chi connectivity index (χ1) is 9.88. The Morgan fingerprint density at radius 3 is 2.43 bits per heavy atom. The smallest absolute Gasteiger partial charge is 0.323 e. The molecule has 2 rings (SSSR count). The predicted octanol–water partition coefficient (Wildman–Crippen LogP) is 3.05. The first-order valence-corrected chi connectivity index (χ1v) is 6.84. The van der Waals surface area contributed by atoms with Crippen molar-refractivity contribution in [2.24, 2.45) is 0 Å². The summed E-state index contributed by atoms with van der Waals surface area (Å²) in [7, 11) is 0. The molecule has 1 saturated heterocycles. The van der Waals surface area contributed by atoms with Gasteiger partial charge in [0.2, 0.25) is 5.91 Å². The molecule has 1 heterocycles. The number of carbonyl (C=O) groups is 1. The van der Waals surface area contributed by atoms with E-state index in [0.29, 0.717) is 13.1 Å². The summed E-state index contributed by atoms with van der Waals surface area (Å²) in [4.78, 5) is 13.8. The average molecular weight is 395 g/mol. The van der Waals surface area contributed by atoms with Crippen LogP contribution in [0.1, 0.15) is 5.56 Å². The predicted molar refractivity (Wildman–Crippen MR) is 88.9 cm³/mol. The Hall–Kier alpha value is -0.730. The summed E-state index contributed by atoms with van der Waals surface area (Å²) in [6, 6.07) is 3.42. The molecule has 0 unspecified atom stereocenters. The summed E-state index contributed by atoms with van der Waals surface area (Å²) in [5.41, 5.74) is -1.32. The van der Waals surface area contributed by atoms with Crippen LogP contribution in [0.2, 0.25) is 5.02 Å². The van der Waals surface area contributed by atoms with Gasteiger partial charge in [0.1, 0.15) is 0 Å². The van der Waals surface area contributed by atoms with Crippen molar-refractivity contribution in [3.05, 3.63) is 28.8 Å². The molecule has 0 atom stereocenters. The highest BCUT2D eigenvalue weighted by atomic mass is 35.5. The van der Waals surface area contributed by atoms with Crippen LogP contribution in [0.25, 0.3) is 0 Å². The monoisotopic (exact) mass is 393 g/mol. The minimum atomic E-state index is -4.57. The van der Waals surface area contributed by atoms with Gasteiger partial charge in [-0.1, -0.05) is 17.7 Å². The molecule has 0 spiro atoms. The summed E-state index contributed by atoms with van der Waals surface area (Å²) in [6.45, 7) is 2.93. The third kappa shape index (κ3) is 6.35. The molecule has 1 fully saturated rings. The molecule has 132 valence electrons. The molecule has 1 aromatic rings. The highest BCUT2D eigenvalue weighted by Crippen LogP contribution is 2.38. The van der Waals surface area contributed by atoms with Crippen molar-refractivity contribution in [2.45, 2.75) is 6.18 Å². The Morgan fingerprint density at radius 2 is 1.87 bits per heavy atom. The lowest BCUT2D eigenvalue weighted by molar-refractivity contribution is -0.137. The van der Waals surface area contributed by atoms with Gasteiger partial charge in [0.25, 0.3) is 0 Å². The minimum Gasteiger partial charge on any atom is -0.323 e. The van der Waals surface area contributed by atoms with Gasteiger partial charge in [-0.15, -0.1) is 24.8 Å². The maximum atomic E-state index is 12.9. The van der Waals surface area contributed by atoms with Crippen LogP contribution in [0.15, 0.2) is 18.2 Å². The van der Waals surface area contributed by atoms with Gasteiger partial charge >= 0.3 is 6.18 Å². The Balaban J connectivity index is 0.00000242. The van der Waals surface area contributed by atoms with E-state index in [4.69, 9.17) is 11.6 Å². The normalized spacial score (nSPS) is 15.3. The number of nitrogens with zero attached hydrogens (tertiary/aromatic N) is 1. The van der Waals surface area contributed by atoms with Crippen molar-refractivity contribution < 1.29 is 18.0 Å². The first kappa shape index (κ1) is 22.3. The van der Waals surface area contributed by atoms with Gasteiger partial charge in [-0.2, -0.15) is 13.2 Å². The van der Waals surface area contributed by atoms with Gasteiger partial charge in [0.05, 0.1) is 22.8 Å². The molecule has 23 heavy (non-hydrogen) atoms. The van der Waals surface area contributed by atoms with Crippen LogP contribution in [0.5, 0.6) is 0 Å². The number of benzene rings is 1. The summed E-state index contributed by atoms with van der Waals surface area (Å²) in [5, 5.41) is 5.29. The van der Waals surface area contributed by atoms with Gasteiger partial charge in [0, 0.05) is 26.2 Å². The maximum Gasteiger partial charge on any atom is 0.418 e. The maximum absolute atomic E-state index is 12.9. The topological polar surface area (TPSA) is 44.4 Å². The number of carbonyl (C=O) groups excluding carboxylic acids is 1. The lowest BCUT2D eigenvalue weighted by Crippen LogP contribution is -2.46. The van der Waals surface area contributed by atoms with Gasteiger partial charge < -0.3 is 10.6 Å². The number of amides is 1. The Bertz CT molecular complexity index is 523. The van der Waals surface area contributed by atoms with Crippen LogP contribution in [-0.2, 0) is 11.0 Å². The first-order valence-electron chi connectivity index (χ1n) is 6.46. The molecule has 2 N–H and O–H groups in total. The van der Waals surface area contributed by atoms with E-state index in [0.717, 1.165) is 19.2 Å². The molecular formula is C13H17Cl3F3N3O. The quantitative estimate of drug-likeness (QED) is 0.828. The van der Waals surface area contributed by atoms with E-state index in [1.54, 1.807) is 0 Å². The van der Waals surface area contributed by atoms with Crippen molar-refractivity contribution in [2.75, 3.05) is 38.0 Å². The van der Waals surface area contributed by atoms with Crippen LogP contribution in [0.4, 0.5) is 18.9 Å². The third-order valence-corrected chi connectivity index (χ3v) is 3.48. The molecule has 0 aliphatic carbocycles. The lowest BCUT2D eigenvalue weighted by atomic mass is 10.1. The molecular weight excluding hydrogens is 378 g/mol. The number of anilines is 1. The van der Waals surface area contributed by atoms with Gasteiger partial charge in [-0.25, -0.2) is 0 Å². The second kappa shape index (κ2) is 9.54. The SMILES string of the molecule is Cl.Cl.O=C(CN1CCNCC1)Nc1c(Cl)cccc1C(F)(F)F. The van der Waals surface area contributed by atoms with E-state index in [9.17, 15) is 18.0 Å². The van der Waals surface area contributed by atoms with Crippen LogP contribution in [-0.4, -0.2) is 43.5 Å². The fourth-order valence-electron chi connectivity index (χ4n) is 2.14. The average Bonchev–Trinajstić information content (AvgIpc) is 2.41. The van der Waals surface area contributed by atoms with Crippen LogP contribution < -0.4 is 10.6 Å². The molecule has 1 aromatic carbocycles. The lowest BCUT2D eigenvalue weighted by Gasteiger charge is -2.26. The number of piperazine rings is 1. The number of nitrogens with one attached hydrogen (secondary N) is 2. The van der Waals surface area contributed by atoms with Crippen LogP contribution >= 0.6 is 36.4 Å². The molecule has 1 aliphatic rings. The van der Waals surface area contributed by atoms with E-state index in [2.05, 4.69) is 10.6 Å². The Kier molecular flexibility index (Phi) is 9.24. The van der Waals surface area contributed by atoms with Crippen molar-refractivity contribution in [3.8, 4) is 0 Å². The van der Waals surface area contributed by atoms with E-state index < -0.39 is 17.6 Å². The van der Waals surface area contributed by atoms with Crippen molar-refractivity contribution in [3.63, 3.8) is 0 Å². The number of hydrogen-bond donors (Lipinski definition) is 2. The zero-order valence-corrected chi connectivity index (χ0v) is 14.3. The molecule has 0 bridgehead atoms. The van der Waals surface area contributed by atoms with Gasteiger partial charge in [-0.3, -0.25) is 9.69 Å². The molecule has 4 nitrogen and oxygen atoms in total. The number of alkyl halides is 3. The number of hydrogen-bond acceptors (Lipinski definition) is 3. The zero-order valence-electron chi connectivity index (χ0n) is 12.0. The largest absolute Gasteiger partial charge is 0.418 e. The molecule has 0 saturated carbocycles. The second-order valence-electron chi connectivity index (χ2n) is 4.73. The number of rotatable bonds is 3. The number of para-hydroxylation sites is 1. The molecule has 0 aromatic heterocycles. The molecule has 10 heteroatoms. The Labute approximate surface area is 149 Å². The van der Waals surface area contributed by atoms with Crippen LogP contribution in [0, 0.1) is 0 Å².